The molecular weight excluding hydrogens is 408 g/mol. The van der Waals surface area contributed by atoms with Crippen molar-refractivity contribution < 1.29 is 18.9 Å². The van der Waals surface area contributed by atoms with Crippen molar-refractivity contribution in [1.29, 1.82) is 5.26 Å². The Bertz CT molecular complexity index is 1140. The van der Waals surface area contributed by atoms with E-state index in [1.807, 2.05) is 24.3 Å². The lowest BCUT2D eigenvalue weighted by molar-refractivity contribution is -0.0262. The number of fused-ring (bicyclic) bond motifs is 2. The largest absolute Gasteiger partial charge is 0.490 e. The number of pyridine rings is 2. The van der Waals surface area contributed by atoms with E-state index in [4.69, 9.17) is 24.2 Å². The molecular formula is C24H24N4O4. The van der Waals surface area contributed by atoms with Crippen LogP contribution in [0.5, 0.6) is 17.2 Å². The summed E-state index contributed by atoms with van der Waals surface area (Å²) in [5, 5.41) is 13.5. The van der Waals surface area contributed by atoms with Crippen LogP contribution in [-0.2, 0) is 11.3 Å². The van der Waals surface area contributed by atoms with E-state index in [0.717, 1.165) is 40.9 Å². The lowest BCUT2D eigenvalue weighted by Gasteiger charge is -2.29. The van der Waals surface area contributed by atoms with Gasteiger partial charge < -0.3 is 24.3 Å². The maximum atomic E-state index is 9.16. The number of benzene rings is 1. The number of hydrogen-bond acceptors (Lipinski definition) is 8. The highest BCUT2D eigenvalue weighted by Crippen LogP contribution is 2.29. The first-order valence-electron chi connectivity index (χ1n) is 10.8. The molecule has 0 bridgehead atoms. The summed E-state index contributed by atoms with van der Waals surface area (Å²) in [4.78, 5) is 8.78. The van der Waals surface area contributed by atoms with Crippen molar-refractivity contribution >= 4 is 10.9 Å². The molecule has 0 radical (unpaired) electrons. The van der Waals surface area contributed by atoms with Crippen LogP contribution in [0.2, 0.25) is 0 Å². The van der Waals surface area contributed by atoms with Crippen LogP contribution >= 0.6 is 0 Å². The van der Waals surface area contributed by atoms with Crippen molar-refractivity contribution in [1.82, 2.24) is 15.3 Å². The normalized spacial score (nSPS) is 20.0. The van der Waals surface area contributed by atoms with E-state index in [0.29, 0.717) is 44.3 Å². The minimum Gasteiger partial charge on any atom is -0.490 e. The van der Waals surface area contributed by atoms with E-state index in [1.54, 1.807) is 18.5 Å². The highest BCUT2D eigenvalue weighted by atomic mass is 16.6. The molecule has 0 unspecified atom stereocenters. The number of nitrogens with zero attached hydrogens (tertiary/aromatic N) is 3. The molecule has 4 heterocycles. The van der Waals surface area contributed by atoms with Crippen molar-refractivity contribution in [2.45, 2.75) is 31.5 Å². The molecule has 2 atom stereocenters. The fraction of sp³-hybridized carbons (Fsp3) is 0.375. The van der Waals surface area contributed by atoms with Crippen molar-refractivity contribution in [2.24, 2.45) is 0 Å². The molecule has 1 fully saturated rings. The van der Waals surface area contributed by atoms with Gasteiger partial charge in [-0.05, 0) is 37.1 Å². The van der Waals surface area contributed by atoms with E-state index in [9.17, 15) is 0 Å². The number of nitriles is 1. The first-order valence-corrected chi connectivity index (χ1v) is 10.8. The van der Waals surface area contributed by atoms with Crippen molar-refractivity contribution in [3.05, 3.63) is 54.0 Å². The highest BCUT2D eigenvalue weighted by Gasteiger charge is 2.23. The molecule has 1 saturated heterocycles. The van der Waals surface area contributed by atoms with Crippen LogP contribution in [0.15, 0.2) is 42.7 Å². The van der Waals surface area contributed by atoms with Crippen molar-refractivity contribution in [3.8, 4) is 23.3 Å². The van der Waals surface area contributed by atoms with Crippen LogP contribution in [0, 0.1) is 11.3 Å². The average Bonchev–Trinajstić information content (AvgIpc) is 2.86. The van der Waals surface area contributed by atoms with Gasteiger partial charge in [0.2, 0.25) is 0 Å². The monoisotopic (exact) mass is 432 g/mol. The predicted molar refractivity (Wildman–Crippen MR) is 117 cm³/mol. The van der Waals surface area contributed by atoms with Crippen LogP contribution in [0.3, 0.4) is 0 Å². The van der Waals surface area contributed by atoms with Crippen LogP contribution in [-0.4, -0.2) is 48.5 Å². The Morgan fingerprint density at radius 2 is 2.00 bits per heavy atom. The molecule has 164 valence electrons. The minimum atomic E-state index is 0.0304. The molecule has 0 spiro atoms. The number of aromatic nitrogens is 2. The summed E-state index contributed by atoms with van der Waals surface area (Å²) < 4.78 is 23.2. The fourth-order valence-corrected chi connectivity index (χ4v) is 3.93. The summed E-state index contributed by atoms with van der Waals surface area (Å²) >= 11 is 0. The van der Waals surface area contributed by atoms with E-state index in [1.165, 1.54) is 0 Å². The summed E-state index contributed by atoms with van der Waals surface area (Å²) in [7, 11) is 0. The number of hydrogen-bond donors (Lipinski definition) is 1. The third-order valence-corrected chi connectivity index (χ3v) is 5.68. The zero-order valence-electron chi connectivity index (χ0n) is 17.6. The van der Waals surface area contributed by atoms with Gasteiger partial charge in [-0.15, -0.1) is 0 Å². The van der Waals surface area contributed by atoms with E-state index >= 15 is 0 Å². The van der Waals surface area contributed by atoms with Gasteiger partial charge in [0.25, 0.3) is 0 Å². The molecule has 0 aliphatic carbocycles. The Kier molecular flexibility index (Phi) is 6.01. The van der Waals surface area contributed by atoms with Gasteiger partial charge in [0.1, 0.15) is 25.6 Å². The Balaban J connectivity index is 1.11. The number of nitrogens with one attached hydrogen (secondary N) is 1. The van der Waals surface area contributed by atoms with Crippen LogP contribution in [0.25, 0.3) is 10.9 Å². The highest BCUT2D eigenvalue weighted by molar-refractivity contribution is 5.86. The van der Waals surface area contributed by atoms with Crippen molar-refractivity contribution in [3.63, 3.8) is 0 Å². The third kappa shape index (κ3) is 4.59. The lowest BCUT2D eigenvalue weighted by Crippen LogP contribution is -2.41. The van der Waals surface area contributed by atoms with Gasteiger partial charge in [-0.1, -0.05) is 0 Å². The maximum absolute atomic E-state index is 9.16. The second kappa shape index (κ2) is 9.39. The van der Waals surface area contributed by atoms with Gasteiger partial charge in [0, 0.05) is 30.2 Å². The Labute approximate surface area is 186 Å². The molecule has 1 N–H and O–H groups in total. The van der Waals surface area contributed by atoms with Gasteiger partial charge in [-0.25, -0.2) is 0 Å². The smallest absolute Gasteiger partial charge is 0.179 e. The molecule has 1 aromatic carbocycles. The van der Waals surface area contributed by atoms with E-state index in [2.05, 4.69) is 21.4 Å². The molecule has 32 heavy (non-hydrogen) atoms. The number of rotatable bonds is 6. The van der Waals surface area contributed by atoms with Gasteiger partial charge in [0.05, 0.1) is 41.8 Å². The second-order valence-corrected chi connectivity index (χ2v) is 7.89. The second-order valence-electron chi connectivity index (χ2n) is 7.89. The zero-order chi connectivity index (χ0) is 21.8. The maximum Gasteiger partial charge on any atom is 0.179 e. The van der Waals surface area contributed by atoms with Gasteiger partial charge in [-0.2, -0.15) is 5.26 Å². The quantitative estimate of drug-likeness (QED) is 0.635. The molecule has 2 aliphatic heterocycles. The molecule has 0 amide bonds. The molecule has 5 rings (SSSR count). The Morgan fingerprint density at radius 3 is 2.84 bits per heavy atom. The topological polar surface area (TPSA) is 98.5 Å². The fourth-order valence-electron chi connectivity index (χ4n) is 3.93. The van der Waals surface area contributed by atoms with Crippen LogP contribution in [0.1, 0.15) is 24.1 Å². The average molecular weight is 432 g/mol. The molecule has 2 aliphatic rings. The van der Waals surface area contributed by atoms with Crippen LogP contribution < -0.4 is 19.5 Å². The Hall–Kier alpha value is -3.41. The van der Waals surface area contributed by atoms with E-state index in [-0.39, 0.29) is 12.1 Å². The van der Waals surface area contributed by atoms with E-state index < -0.39 is 0 Å². The summed E-state index contributed by atoms with van der Waals surface area (Å²) in [5.41, 5.74) is 2.31. The lowest BCUT2D eigenvalue weighted by atomic mass is 10.1. The molecule has 8 nitrogen and oxygen atoms in total. The zero-order valence-corrected chi connectivity index (χ0v) is 17.6. The van der Waals surface area contributed by atoms with Crippen LogP contribution in [0.4, 0.5) is 0 Å². The first kappa shape index (κ1) is 20.5. The predicted octanol–water partition coefficient (Wildman–Crippen LogP) is 2.99. The van der Waals surface area contributed by atoms with Crippen molar-refractivity contribution in [2.75, 3.05) is 26.4 Å². The van der Waals surface area contributed by atoms with Gasteiger partial charge in [-0.3, -0.25) is 9.97 Å². The summed E-state index contributed by atoms with van der Waals surface area (Å²) in [6, 6.07) is 11.6. The number of ether oxygens (including phenoxy) is 4. The van der Waals surface area contributed by atoms with Gasteiger partial charge in [0.15, 0.2) is 11.5 Å². The molecule has 0 saturated carbocycles. The summed E-state index contributed by atoms with van der Waals surface area (Å²) in [6.07, 6.45) is 5.37. The molecule has 8 heteroatoms. The first-order chi connectivity index (χ1) is 15.8. The summed E-state index contributed by atoms with van der Waals surface area (Å²) in [6.45, 7) is 2.87. The Morgan fingerprint density at radius 1 is 1.09 bits per heavy atom. The SMILES string of the molecule is N#Cc1ccc2nccc(OC[C@@H]3CC[C@@H](NCc4cc5c(cn4)OCCO5)CO3)c2c1. The molecule has 2 aromatic heterocycles. The third-order valence-electron chi connectivity index (χ3n) is 5.68. The minimum absolute atomic E-state index is 0.0304. The summed E-state index contributed by atoms with van der Waals surface area (Å²) in [5.74, 6) is 2.18. The molecule has 3 aromatic rings. The standard InChI is InChI=1S/C24H24N4O4/c25-11-16-1-4-21-20(9-16)22(5-6-26-21)32-15-19-3-2-17(14-31-19)27-12-18-10-23-24(13-28-18)30-8-7-29-23/h1,4-6,9-10,13,17,19,27H,2-3,7-8,12,14-15H2/t17-,19+/m1/s1. The van der Waals surface area contributed by atoms with Gasteiger partial charge >= 0.3 is 0 Å².